The topological polar surface area (TPSA) is 164 Å². The van der Waals surface area contributed by atoms with Crippen LogP contribution in [0.1, 0.15) is 33.9 Å². The van der Waals surface area contributed by atoms with E-state index in [4.69, 9.17) is 24.3 Å². The summed E-state index contributed by atoms with van der Waals surface area (Å²) in [4.78, 5) is 28.3. The number of nitrogens with two attached hydrogens (primary N) is 1. The third-order valence-corrected chi connectivity index (χ3v) is 8.56. The SMILES string of the molecule is C=C1[C@H](n2cc(F)c(N)nc2=O)O[C@H](CO[P@](=O)(N[C@H](C)C(=O)OC(C)C)OC2C=CC=C3C=CC=CC32C)[C@H]1O. The first-order valence-corrected chi connectivity index (χ1v) is 14.5. The Morgan fingerprint density at radius 1 is 1.37 bits per heavy atom. The molecule has 0 saturated carbocycles. The molecule has 0 amide bonds. The van der Waals surface area contributed by atoms with E-state index in [0.717, 1.165) is 16.3 Å². The summed E-state index contributed by atoms with van der Waals surface area (Å²) in [7, 11) is -4.33. The molecule has 4 N–H and O–H groups in total. The highest BCUT2D eigenvalue weighted by molar-refractivity contribution is 7.51. The Labute approximate surface area is 236 Å². The number of carbonyl (C=O) groups is 1. The zero-order valence-electron chi connectivity index (χ0n) is 23.1. The number of ether oxygens (including phenoxy) is 2. The minimum atomic E-state index is -4.33. The molecule has 0 spiro atoms. The lowest BCUT2D eigenvalue weighted by Crippen LogP contribution is -2.40. The van der Waals surface area contributed by atoms with Crippen LogP contribution in [0.2, 0.25) is 0 Å². The molecule has 1 aromatic heterocycles. The van der Waals surface area contributed by atoms with Gasteiger partial charge in [0.1, 0.15) is 18.2 Å². The number of anilines is 1. The maximum absolute atomic E-state index is 14.2. The molecule has 4 rings (SSSR count). The maximum atomic E-state index is 14.2. The van der Waals surface area contributed by atoms with Crippen molar-refractivity contribution in [3.63, 3.8) is 0 Å². The quantitative estimate of drug-likeness (QED) is 0.208. The number of carbonyl (C=O) groups excluding carboxylic acids is 1. The van der Waals surface area contributed by atoms with Crippen molar-refractivity contribution >= 4 is 19.5 Å². The van der Waals surface area contributed by atoms with Crippen LogP contribution in [-0.4, -0.2) is 57.7 Å². The second-order valence-electron chi connectivity index (χ2n) is 10.4. The van der Waals surface area contributed by atoms with Gasteiger partial charge in [-0.15, -0.1) is 0 Å². The van der Waals surface area contributed by atoms with Gasteiger partial charge < -0.3 is 20.3 Å². The summed E-state index contributed by atoms with van der Waals surface area (Å²) in [5, 5.41) is 13.4. The molecule has 2 unspecified atom stereocenters. The van der Waals surface area contributed by atoms with Crippen LogP contribution in [0.3, 0.4) is 0 Å². The highest BCUT2D eigenvalue weighted by atomic mass is 31.2. The van der Waals surface area contributed by atoms with Crippen molar-refractivity contribution in [1.82, 2.24) is 14.6 Å². The van der Waals surface area contributed by atoms with Crippen molar-refractivity contribution in [3.05, 3.63) is 82.8 Å². The first kappa shape index (κ1) is 30.8. The first-order valence-electron chi connectivity index (χ1n) is 13.0. The standard InChI is InChI=1S/C27H34FN4O8P/c1-15(2)38-25(34)17(4)31-41(36,40-21-11-8-10-18-9-6-7-12-27(18,21)5)37-14-20-22(33)16(3)24(39-20)32-13-19(28)23(29)30-26(32)35/h6-13,15,17,20-22,24,33H,3,14H2,1-2,4-5H3,(H,31,36)(H2,29,30,35)/t17-,20-,21?,22+,24-,27?,41-/m1/s1. The second kappa shape index (κ2) is 12.0. The predicted octanol–water partition coefficient (Wildman–Crippen LogP) is 2.85. The summed E-state index contributed by atoms with van der Waals surface area (Å²) in [5.74, 6) is -2.23. The van der Waals surface area contributed by atoms with Gasteiger partial charge in [0.05, 0.1) is 25.0 Å². The molecule has 2 heterocycles. The Bertz CT molecular complexity index is 1440. The van der Waals surface area contributed by atoms with Crippen molar-refractivity contribution in [2.45, 2.75) is 64.4 Å². The summed E-state index contributed by atoms with van der Waals surface area (Å²) in [6.07, 6.45) is 8.66. The number of hydrogen-bond donors (Lipinski definition) is 3. The van der Waals surface area contributed by atoms with Gasteiger partial charge in [-0.2, -0.15) is 4.98 Å². The van der Waals surface area contributed by atoms with Crippen molar-refractivity contribution in [2.75, 3.05) is 12.3 Å². The number of nitrogens with one attached hydrogen (secondary N) is 1. The van der Waals surface area contributed by atoms with Crippen LogP contribution < -0.4 is 16.5 Å². The average Bonchev–Trinajstić information content (AvgIpc) is 3.18. The number of halogens is 1. The van der Waals surface area contributed by atoms with Gasteiger partial charge in [-0.1, -0.05) is 49.1 Å². The highest BCUT2D eigenvalue weighted by Gasteiger charge is 2.45. The van der Waals surface area contributed by atoms with Gasteiger partial charge >= 0.3 is 19.4 Å². The van der Waals surface area contributed by atoms with E-state index in [1.165, 1.54) is 6.92 Å². The van der Waals surface area contributed by atoms with E-state index in [1.54, 1.807) is 26.0 Å². The van der Waals surface area contributed by atoms with Gasteiger partial charge in [-0.3, -0.25) is 18.4 Å². The first-order chi connectivity index (χ1) is 19.2. The fourth-order valence-corrected chi connectivity index (χ4v) is 6.25. The molecule has 12 nitrogen and oxygen atoms in total. The Morgan fingerprint density at radius 2 is 2.10 bits per heavy atom. The number of aromatic nitrogens is 2. The molecular formula is C27H34FN4O8P. The molecular weight excluding hydrogens is 558 g/mol. The summed E-state index contributed by atoms with van der Waals surface area (Å²) < 4.78 is 51.8. The fraction of sp³-hybridized carbons (Fsp3) is 0.444. The molecule has 0 bridgehead atoms. The van der Waals surface area contributed by atoms with E-state index in [-0.39, 0.29) is 5.57 Å². The Kier molecular flexibility index (Phi) is 8.98. The van der Waals surface area contributed by atoms with Crippen LogP contribution in [-0.2, 0) is 27.9 Å². The molecule has 41 heavy (non-hydrogen) atoms. The molecule has 222 valence electrons. The third kappa shape index (κ3) is 6.50. The summed E-state index contributed by atoms with van der Waals surface area (Å²) in [5.41, 5.74) is 4.67. The largest absolute Gasteiger partial charge is 0.462 e. The van der Waals surface area contributed by atoms with E-state index in [2.05, 4.69) is 16.7 Å². The number of fused-ring (bicyclic) bond motifs is 1. The molecule has 1 aliphatic heterocycles. The minimum Gasteiger partial charge on any atom is -0.462 e. The Hall–Kier alpha value is -3.19. The third-order valence-electron chi connectivity index (χ3n) is 6.86. The molecule has 1 saturated heterocycles. The second-order valence-corrected chi connectivity index (χ2v) is 12.1. The van der Waals surface area contributed by atoms with Crippen molar-refractivity contribution in [1.29, 1.82) is 0 Å². The molecule has 1 fully saturated rings. The lowest BCUT2D eigenvalue weighted by Gasteiger charge is -2.39. The van der Waals surface area contributed by atoms with E-state index < -0.39 is 79.7 Å². The van der Waals surface area contributed by atoms with E-state index in [1.807, 2.05) is 37.3 Å². The van der Waals surface area contributed by atoms with Gasteiger partial charge in [0.15, 0.2) is 17.9 Å². The molecule has 0 radical (unpaired) electrons. The summed E-state index contributed by atoms with van der Waals surface area (Å²) in [6.45, 7) is 9.95. The average molecular weight is 593 g/mol. The molecule has 2 aliphatic carbocycles. The van der Waals surface area contributed by atoms with Crippen LogP contribution in [0.4, 0.5) is 10.2 Å². The Balaban J connectivity index is 1.56. The number of nitrogens with zero attached hydrogens (tertiary/aromatic N) is 2. The van der Waals surface area contributed by atoms with Crippen LogP contribution in [0.15, 0.2) is 71.2 Å². The van der Waals surface area contributed by atoms with Crippen LogP contribution >= 0.6 is 7.75 Å². The lowest BCUT2D eigenvalue weighted by molar-refractivity contribution is -0.149. The monoisotopic (exact) mass is 592 g/mol. The number of rotatable bonds is 10. The van der Waals surface area contributed by atoms with Crippen molar-refractivity contribution < 1.29 is 37.4 Å². The maximum Gasteiger partial charge on any atom is 0.406 e. The smallest absolute Gasteiger partial charge is 0.406 e. The molecule has 7 atom stereocenters. The van der Waals surface area contributed by atoms with Crippen LogP contribution in [0, 0.1) is 11.2 Å². The van der Waals surface area contributed by atoms with Crippen LogP contribution in [0.25, 0.3) is 0 Å². The lowest BCUT2D eigenvalue weighted by atomic mass is 9.72. The Morgan fingerprint density at radius 3 is 2.80 bits per heavy atom. The van der Waals surface area contributed by atoms with Gasteiger partial charge in [0.25, 0.3) is 0 Å². The summed E-state index contributed by atoms with van der Waals surface area (Å²) in [6, 6.07) is -1.10. The zero-order valence-corrected chi connectivity index (χ0v) is 24.0. The number of allylic oxidation sites excluding steroid dienone is 5. The highest BCUT2D eigenvalue weighted by Crippen LogP contribution is 2.52. The number of aliphatic hydroxyl groups is 1. The van der Waals surface area contributed by atoms with Crippen molar-refractivity contribution in [2.24, 2.45) is 5.41 Å². The van der Waals surface area contributed by atoms with E-state index in [9.17, 15) is 23.7 Å². The summed E-state index contributed by atoms with van der Waals surface area (Å²) >= 11 is 0. The molecule has 1 aromatic rings. The van der Waals surface area contributed by atoms with E-state index >= 15 is 0 Å². The number of nitrogen functional groups attached to an aromatic ring is 1. The van der Waals surface area contributed by atoms with Gasteiger partial charge in [-0.05, 0) is 33.3 Å². The number of esters is 1. The molecule has 3 aliphatic rings. The molecule has 0 aromatic carbocycles. The minimum absolute atomic E-state index is 0.0147. The number of hydrogen-bond acceptors (Lipinski definition) is 10. The van der Waals surface area contributed by atoms with Gasteiger partial charge in [0, 0.05) is 11.0 Å². The van der Waals surface area contributed by atoms with Gasteiger partial charge in [-0.25, -0.2) is 18.8 Å². The van der Waals surface area contributed by atoms with Gasteiger partial charge in [0.2, 0.25) is 0 Å². The van der Waals surface area contributed by atoms with Crippen molar-refractivity contribution in [3.8, 4) is 0 Å². The number of aliphatic hydroxyl groups excluding tert-OH is 1. The zero-order chi connectivity index (χ0) is 30.1. The van der Waals surface area contributed by atoms with Crippen LogP contribution in [0.5, 0.6) is 0 Å². The normalized spacial score (nSPS) is 29.2. The van der Waals surface area contributed by atoms with E-state index in [0.29, 0.717) is 0 Å². The predicted molar refractivity (Wildman–Crippen MR) is 148 cm³/mol. The molecule has 14 heteroatoms. The fourth-order valence-electron chi connectivity index (χ4n) is 4.55.